The Bertz CT molecular complexity index is 297. The van der Waals surface area contributed by atoms with Crippen molar-refractivity contribution in [2.45, 2.75) is 12.6 Å². The molecule has 66 valence electrons. The third-order valence-electron chi connectivity index (χ3n) is 1.40. The van der Waals surface area contributed by atoms with E-state index >= 15 is 0 Å². The first-order valence-electron chi connectivity index (χ1n) is 3.54. The van der Waals surface area contributed by atoms with Gasteiger partial charge in [0.1, 0.15) is 0 Å². The molecule has 1 heterocycles. The second-order valence-electron chi connectivity index (χ2n) is 2.39. The van der Waals surface area contributed by atoms with Crippen molar-refractivity contribution in [2.75, 3.05) is 6.61 Å². The van der Waals surface area contributed by atoms with Crippen molar-refractivity contribution >= 4 is 0 Å². The molecule has 1 rings (SSSR count). The van der Waals surface area contributed by atoms with Gasteiger partial charge in [-0.3, -0.25) is 4.57 Å². The van der Waals surface area contributed by atoms with Gasteiger partial charge < -0.3 is 10.2 Å². The fourth-order valence-electron chi connectivity index (χ4n) is 0.811. The Morgan fingerprint density at radius 1 is 1.67 bits per heavy atom. The molecule has 0 aromatic carbocycles. The standard InChI is InChI=1S/C7H10N2O3/c10-5-6(11)4-9-3-1-2-8-7(9)12/h1-3,6,10-11H,4-5H2. The van der Waals surface area contributed by atoms with Crippen molar-refractivity contribution in [1.82, 2.24) is 9.55 Å². The predicted molar refractivity (Wildman–Crippen MR) is 41.6 cm³/mol. The van der Waals surface area contributed by atoms with Crippen molar-refractivity contribution in [1.29, 1.82) is 0 Å². The van der Waals surface area contributed by atoms with Crippen molar-refractivity contribution < 1.29 is 10.2 Å². The highest BCUT2D eigenvalue weighted by atomic mass is 16.3. The summed E-state index contributed by atoms with van der Waals surface area (Å²) < 4.78 is 1.24. The van der Waals surface area contributed by atoms with Gasteiger partial charge in [0, 0.05) is 12.4 Å². The van der Waals surface area contributed by atoms with Gasteiger partial charge in [-0.25, -0.2) is 9.78 Å². The second-order valence-corrected chi connectivity index (χ2v) is 2.39. The highest BCUT2D eigenvalue weighted by Gasteiger charge is 2.03. The normalized spacial score (nSPS) is 12.8. The first-order chi connectivity index (χ1) is 5.74. The molecule has 5 nitrogen and oxygen atoms in total. The van der Waals surface area contributed by atoms with Crippen LogP contribution in [0, 0.1) is 0 Å². The average molecular weight is 170 g/mol. The minimum Gasteiger partial charge on any atom is -0.394 e. The summed E-state index contributed by atoms with van der Waals surface area (Å²) in [5.41, 5.74) is -0.426. The van der Waals surface area contributed by atoms with E-state index in [1.54, 1.807) is 6.07 Å². The summed E-state index contributed by atoms with van der Waals surface area (Å²) in [4.78, 5) is 14.4. The van der Waals surface area contributed by atoms with Gasteiger partial charge in [0.15, 0.2) is 0 Å². The summed E-state index contributed by atoms with van der Waals surface area (Å²) in [5, 5.41) is 17.5. The van der Waals surface area contributed by atoms with Gasteiger partial charge in [0.25, 0.3) is 0 Å². The fraction of sp³-hybridized carbons (Fsp3) is 0.429. The number of hydrogen-bond acceptors (Lipinski definition) is 4. The lowest BCUT2D eigenvalue weighted by atomic mass is 10.4. The SMILES string of the molecule is O=c1ncccn1CC(O)CO. The van der Waals surface area contributed by atoms with Crippen LogP contribution in [-0.4, -0.2) is 32.5 Å². The van der Waals surface area contributed by atoms with E-state index in [0.29, 0.717) is 0 Å². The molecule has 0 spiro atoms. The molecule has 2 N–H and O–H groups in total. The van der Waals surface area contributed by atoms with Gasteiger partial charge in [-0.15, -0.1) is 0 Å². The quantitative estimate of drug-likeness (QED) is 0.584. The largest absolute Gasteiger partial charge is 0.394 e. The van der Waals surface area contributed by atoms with E-state index in [1.165, 1.54) is 17.0 Å². The Hall–Kier alpha value is -1.20. The summed E-state index contributed by atoms with van der Waals surface area (Å²) in [7, 11) is 0. The maximum atomic E-state index is 10.9. The van der Waals surface area contributed by atoms with Gasteiger partial charge in [-0.2, -0.15) is 0 Å². The van der Waals surface area contributed by atoms with Gasteiger partial charge in [-0.1, -0.05) is 0 Å². The molecule has 0 bridgehead atoms. The molecule has 1 unspecified atom stereocenters. The zero-order valence-electron chi connectivity index (χ0n) is 6.42. The smallest absolute Gasteiger partial charge is 0.347 e. The van der Waals surface area contributed by atoms with Crippen molar-refractivity contribution in [3.63, 3.8) is 0 Å². The zero-order chi connectivity index (χ0) is 8.97. The van der Waals surface area contributed by atoms with E-state index in [1.807, 2.05) is 0 Å². The van der Waals surface area contributed by atoms with Crippen LogP contribution in [0.2, 0.25) is 0 Å². The molecular formula is C7H10N2O3. The summed E-state index contributed by atoms with van der Waals surface area (Å²) in [6, 6.07) is 1.59. The molecule has 0 aliphatic carbocycles. The topological polar surface area (TPSA) is 75.4 Å². The van der Waals surface area contributed by atoms with Crippen LogP contribution in [0.15, 0.2) is 23.3 Å². The molecule has 0 aliphatic rings. The molecule has 0 saturated heterocycles. The molecule has 0 aliphatic heterocycles. The molecule has 1 atom stereocenters. The number of aromatic nitrogens is 2. The maximum Gasteiger partial charge on any atom is 0.347 e. The monoisotopic (exact) mass is 170 g/mol. The number of hydrogen-bond donors (Lipinski definition) is 2. The van der Waals surface area contributed by atoms with Gasteiger partial charge in [0.05, 0.1) is 19.3 Å². The van der Waals surface area contributed by atoms with Crippen LogP contribution in [0.3, 0.4) is 0 Å². The van der Waals surface area contributed by atoms with Crippen LogP contribution >= 0.6 is 0 Å². The number of aliphatic hydroxyl groups excluding tert-OH is 2. The van der Waals surface area contributed by atoms with Crippen LogP contribution in [0.1, 0.15) is 0 Å². The van der Waals surface area contributed by atoms with E-state index in [4.69, 9.17) is 10.2 Å². The number of nitrogens with zero attached hydrogens (tertiary/aromatic N) is 2. The molecule has 0 saturated carbocycles. The fourth-order valence-corrected chi connectivity index (χ4v) is 0.811. The van der Waals surface area contributed by atoms with E-state index in [-0.39, 0.29) is 13.2 Å². The third kappa shape index (κ3) is 2.14. The van der Waals surface area contributed by atoms with Crippen molar-refractivity contribution in [2.24, 2.45) is 0 Å². The molecule has 0 amide bonds. The second kappa shape index (κ2) is 3.99. The van der Waals surface area contributed by atoms with Crippen molar-refractivity contribution in [3.8, 4) is 0 Å². The van der Waals surface area contributed by atoms with Crippen LogP contribution in [0.4, 0.5) is 0 Å². The Morgan fingerprint density at radius 3 is 3.00 bits per heavy atom. The van der Waals surface area contributed by atoms with Gasteiger partial charge in [0.2, 0.25) is 0 Å². The first kappa shape index (κ1) is 8.89. The average Bonchev–Trinajstić information content (AvgIpc) is 2.09. The highest BCUT2D eigenvalue weighted by Crippen LogP contribution is 1.86. The Kier molecular flexibility index (Phi) is 2.95. The van der Waals surface area contributed by atoms with Gasteiger partial charge >= 0.3 is 5.69 Å². The third-order valence-corrected chi connectivity index (χ3v) is 1.40. The van der Waals surface area contributed by atoms with Crippen LogP contribution in [0.5, 0.6) is 0 Å². The lowest BCUT2D eigenvalue weighted by Gasteiger charge is -2.07. The molecule has 5 heteroatoms. The lowest BCUT2D eigenvalue weighted by Crippen LogP contribution is -2.29. The summed E-state index contributed by atoms with van der Waals surface area (Å²) in [5.74, 6) is 0. The van der Waals surface area contributed by atoms with Gasteiger partial charge in [-0.05, 0) is 6.07 Å². The molecule has 0 radical (unpaired) electrons. The van der Waals surface area contributed by atoms with Crippen LogP contribution < -0.4 is 5.69 Å². The van der Waals surface area contributed by atoms with Crippen LogP contribution in [-0.2, 0) is 6.54 Å². The minimum atomic E-state index is -0.910. The van der Waals surface area contributed by atoms with E-state index in [9.17, 15) is 4.79 Å². The lowest BCUT2D eigenvalue weighted by molar-refractivity contribution is 0.0800. The first-order valence-corrected chi connectivity index (χ1v) is 3.54. The predicted octanol–water partition coefficient (Wildman–Crippen LogP) is -1.40. The maximum absolute atomic E-state index is 10.9. The van der Waals surface area contributed by atoms with Crippen molar-refractivity contribution in [3.05, 3.63) is 28.9 Å². The van der Waals surface area contributed by atoms with E-state index in [0.717, 1.165) is 0 Å². The summed E-state index contributed by atoms with van der Waals surface area (Å²) >= 11 is 0. The molecule has 12 heavy (non-hydrogen) atoms. The van der Waals surface area contributed by atoms with Crippen LogP contribution in [0.25, 0.3) is 0 Å². The molecule has 0 fully saturated rings. The Balaban J connectivity index is 2.76. The number of aliphatic hydroxyl groups is 2. The summed E-state index contributed by atoms with van der Waals surface area (Å²) in [6.45, 7) is -0.287. The summed E-state index contributed by atoms with van der Waals surface area (Å²) in [6.07, 6.45) is 1.98. The van der Waals surface area contributed by atoms with E-state index < -0.39 is 11.8 Å². The van der Waals surface area contributed by atoms with E-state index in [2.05, 4.69) is 4.98 Å². The highest BCUT2D eigenvalue weighted by molar-refractivity contribution is 4.81. The number of rotatable bonds is 3. The Labute approximate surface area is 68.9 Å². The minimum absolute atomic E-state index is 0.0726. The molecular weight excluding hydrogens is 160 g/mol. The zero-order valence-corrected chi connectivity index (χ0v) is 6.42. The Morgan fingerprint density at radius 2 is 2.42 bits per heavy atom. The molecule has 1 aromatic heterocycles. The molecule has 1 aromatic rings.